The van der Waals surface area contributed by atoms with E-state index >= 15 is 0 Å². The number of oxime groups is 1. The largest absolute Gasteiger partial charge is 0.409 e. The molecule has 4 heteroatoms. The van der Waals surface area contributed by atoms with Crippen LogP contribution < -0.4 is 10.6 Å². The van der Waals surface area contributed by atoms with Crippen LogP contribution in [-0.4, -0.2) is 18.1 Å². The summed E-state index contributed by atoms with van der Waals surface area (Å²) < 4.78 is 0. The zero-order valence-electron chi connectivity index (χ0n) is 12.0. The fourth-order valence-electron chi connectivity index (χ4n) is 2.21. The summed E-state index contributed by atoms with van der Waals surface area (Å²) in [5, 5.41) is 11.7. The number of anilines is 2. The Kier molecular flexibility index (Phi) is 3.94. The monoisotopic (exact) mass is 269 g/mol. The Hall–Kier alpha value is -2.49. The lowest BCUT2D eigenvalue weighted by Crippen LogP contribution is -2.14. The van der Waals surface area contributed by atoms with Crippen molar-refractivity contribution in [1.82, 2.24) is 0 Å². The number of nitrogens with two attached hydrogens (primary N) is 1. The predicted molar refractivity (Wildman–Crippen MR) is 82.9 cm³/mol. The Bertz CT molecular complexity index is 612. The van der Waals surface area contributed by atoms with Gasteiger partial charge < -0.3 is 15.8 Å². The van der Waals surface area contributed by atoms with E-state index in [0.717, 1.165) is 11.4 Å². The van der Waals surface area contributed by atoms with Crippen LogP contribution in [0.4, 0.5) is 11.4 Å². The highest BCUT2D eigenvalue weighted by atomic mass is 16.4. The van der Waals surface area contributed by atoms with Crippen LogP contribution in [0.25, 0.3) is 0 Å². The zero-order chi connectivity index (χ0) is 14.7. The van der Waals surface area contributed by atoms with E-state index in [2.05, 4.69) is 42.1 Å². The lowest BCUT2D eigenvalue weighted by atomic mass is 10.1. The van der Waals surface area contributed by atoms with Crippen molar-refractivity contribution >= 4 is 17.2 Å². The van der Waals surface area contributed by atoms with Crippen LogP contribution in [-0.2, 0) is 0 Å². The number of hydrogen-bond acceptors (Lipinski definition) is 3. The first-order valence-corrected chi connectivity index (χ1v) is 6.41. The van der Waals surface area contributed by atoms with E-state index in [4.69, 9.17) is 10.9 Å². The van der Waals surface area contributed by atoms with Crippen molar-refractivity contribution < 1.29 is 5.21 Å². The van der Waals surface area contributed by atoms with Gasteiger partial charge >= 0.3 is 0 Å². The van der Waals surface area contributed by atoms with E-state index in [1.807, 2.05) is 31.3 Å². The highest BCUT2D eigenvalue weighted by Gasteiger charge is 2.06. The molecule has 4 nitrogen and oxygen atoms in total. The Balaban J connectivity index is 2.31. The van der Waals surface area contributed by atoms with Gasteiger partial charge in [0.25, 0.3) is 0 Å². The molecule has 0 unspecified atom stereocenters. The number of rotatable bonds is 3. The highest BCUT2D eigenvalue weighted by Crippen LogP contribution is 2.25. The minimum Gasteiger partial charge on any atom is -0.409 e. The molecule has 0 saturated heterocycles. The molecule has 0 spiro atoms. The molecule has 104 valence electrons. The van der Waals surface area contributed by atoms with E-state index in [1.165, 1.54) is 11.1 Å². The summed E-state index contributed by atoms with van der Waals surface area (Å²) in [4.78, 5) is 2.11. The standard InChI is InChI=1S/C16H19N3O/c1-11-8-12(2)10-15(9-11)19(3)14-6-4-13(5-7-14)16(17)18-20/h4-10,20H,1-3H3,(H2,17,18). The van der Waals surface area contributed by atoms with Crippen molar-refractivity contribution in [2.45, 2.75) is 13.8 Å². The first-order valence-electron chi connectivity index (χ1n) is 6.41. The summed E-state index contributed by atoms with van der Waals surface area (Å²) in [7, 11) is 2.02. The van der Waals surface area contributed by atoms with E-state index in [-0.39, 0.29) is 5.84 Å². The van der Waals surface area contributed by atoms with Gasteiger partial charge in [0.2, 0.25) is 0 Å². The lowest BCUT2D eigenvalue weighted by Gasteiger charge is -2.21. The smallest absolute Gasteiger partial charge is 0.170 e. The van der Waals surface area contributed by atoms with Gasteiger partial charge in [-0.2, -0.15) is 0 Å². The van der Waals surface area contributed by atoms with Crippen molar-refractivity contribution in [3.8, 4) is 0 Å². The maximum atomic E-state index is 8.66. The molecule has 3 N–H and O–H groups in total. The van der Waals surface area contributed by atoms with Crippen molar-refractivity contribution in [2.75, 3.05) is 11.9 Å². The molecule has 0 heterocycles. The summed E-state index contributed by atoms with van der Waals surface area (Å²) in [6.07, 6.45) is 0. The average Bonchev–Trinajstić information content (AvgIpc) is 2.45. The van der Waals surface area contributed by atoms with Gasteiger partial charge in [-0.1, -0.05) is 11.2 Å². The molecular formula is C16H19N3O. The first-order chi connectivity index (χ1) is 9.51. The molecule has 0 aliphatic carbocycles. The number of benzene rings is 2. The highest BCUT2D eigenvalue weighted by molar-refractivity contribution is 5.97. The van der Waals surface area contributed by atoms with Crippen LogP contribution in [0, 0.1) is 13.8 Å². The fraction of sp³-hybridized carbons (Fsp3) is 0.188. The molecule has 2 rings (SSSR count). The average molecular weight is 269 g/mol. The molecule has 0 radical (unpaired) electrons. The third kappa shape index (κ3) is 2.91. The van der Waals surface area contributed by atoms with Gasteiger partial charge in [-0.05, 0) is 61.4 Å². The third-order valence-electron chi connectivity index (χ3n) is 3.25. The van der Waals surface area contributed by atoms with Crippen LogP contribution >= 0.6 is 0 Å². The van der Waals surface area contributed by atoms with Gasteiger partial charge in [-0.15, -0.1) is 0 Å². The van der Waals surface area contributed by atoms with E-state index in [9.17, 15) is 0 Å². The molecule has 2 aromatic carbocycles. The second-order valence-corrected chi connectivity index (χ2v) is 4.94. The Labute approximate surface area is 119 Å². The third-order valence-corrected chi connectivity index (χ3v) is 3.25. The van der Waals surface area contributed by atoms with Crippen LogP contribution in [0.3, 0.4) is 0 Å². The van der Waals surface area contributed by atoms with Gasteiger partial charge in [0, 0.05) is 24.0 Å². The van der Waals surface area contributed by atoms with Crippen molar-refractivity contribution in [1.29, 1.82) is 0 Å². The van der Waals surface area contributed by atoms with Crippen molar-refractivity contribution in [3.05, 3.63) is 59.2 Å². The van der Waals surface area contributed by atoms with Crippen LogP contribution in [0.5, 0.6) is 0 Å². The molecule has 0 fully saturated rings. The van der Waals surface area contributed by atoms with Crippen LogP contribution in [0.15, 0.2) is 47.6 Å². The molecule has 2 aromatic rings. The number of hydrogen-bond donors (Lipinski definition) is 2. The summed E-state index contributed by atoms with van der Waals surface area (Å²) in [6.45, 7) is 4.18. The Morgan fingerprint density at radius 3 is 2.05 bits per heavy atom. The number of amidine groups is 1. The Morgan fingerprint density at radius 1 is 1.00 bits per heavy atom. The van der Waals surface area contributed by atoms with E-state index in [0.29, 0.717) is 5.56 Å². The lowest BCUT2D eigenvalue weighted by molar-refractivity contribution is 0.318. The molecule has 0 saturated carbocycles. The van der Waals surface area contributed by atoms with E-state index in [1.54, 1.807) is 0 Å². The van der Waals surface area contributed by atoms with Crippen LogP contribution in [0.2, 0.25) is 0 Å². The second-order valence-electron chi connectivity index (χ2n) is 4.94. The minimum absolute atomic E-state index is 0.116. The van der Waals surface area contributed by atoms with Gasteiger partial charge in [-0.25, -0.2) is 0 Å². The molecule has 0 aromatic heterocycles. The summed E-state index contributed by atoms with van der Waals surface area (Å²) in [5.41, 5.74) is 10.9. The van der Waals surface area contributed by atoms with Crippen LogP contribution in [0.1, 0.15) is 16.7 Å². The topological polar surface area (TPSA) is 61.8 Å². The minimum atomic E-state index is 0.116. The normalized spacial score (nSPS) is 11.4. The number of aryl methyl sites for hydroxylation is 2. The van der Waals surface area contributed by atoms with Gasteiger partial charge in [-0.3, -0.25) is 0 Å². The summed E-state index contributed by atoms with van der Waals surface area (Å²) in [5.74, 6) is 0.116. The molecule has 20 heavy (non-hydrogen) atoms. The Morgan fingerprint density at radius 2 is 1.55 bits per heavy atom. The SMILES string of the molecule is Cc1cc(C)cc(N(C)c2ccc(C(N)=NO)cc2)c1. The molecule has 0 aliphatic rings. The molecule has 0 aliphatic heterocycles. The van der Waals surface area contributed by atoms with Gasteiger partial charge in [0.05, 0.1) is 0 Å². The van der Waals surface area contributed by atoms with Gasteiger partial charge in [0.15, 0.2) is 5.84 Å². The zero-order valence-corrected chi connectivity index (χ0v) is 12.0. The maximum Gasteiger partial charge on any atom is 0.170 e. The van der Waals surface area contributed by atoms with Gasteiger partial charge in [0.1, 0.15) is 0 Å². The predicted octanol–water partition coefficient (Wildman–Crippen LogP) is 3.17. The fourth-order valence-corrected chi connectivity index (χ4v) is 2.21. The quantitative estimate of drug-likeness (QED) is 0.389. The van der Waals surface area contributed by atoms with Crippen molar-refractivity contribution in [3.63, 3.8) is 0 Å². The van der Waals surface area contributed by atoms with Crippen molar-refractivity contribution in [2.24, 2.45) is 10.9 Å². The molecule has 0 amide bonds. The molecule has 0 bridgehead atoms. The second kappa shape index (κ2) is 5.65. The molecular weight excluding hydrogens is 250 g/mol. The molecule has 0 atom stereocenters. The summed E-state index contributed by atoms with van der Waals surface area (Å²) >= 11 is 0. The number of nitrogens with zero attached hydrogens (tertiary/aromatic N) is 2. The summed E-state index contributed by atoms with van der Waals surface area (Å²) in [6, 6.07) is 14.0. The van der Waals surface area contributed by atoms with E-state index < -0.39 is 0 Å². The first kappa shape index (κ1) is 13.9. The maximum absolute atomic E-state index is 8.66.